The maximum Gasteiger partial charge on any atom is 0.326 e. The Kier molecular flexibility index (Phi) is 11.0. The predicted octanol–water partition coefficient (Wildman–Crippen LogP) is -2.72. The van der Waals surface area contributed by atoms with Gasteiger partial charge in [-0.2, -0.15) is 0 Å². The van der Waals surface area contributed by atoms with Crippen LogP contribution in [-0.2, 0) is 28.8 Å². The van der Waals surface area contributed by atoms with Gasteiger partial charge in [0.2, 0.25) is 23.6 Å². The minimum atomic E-state index is -1.43. The highest BCUT2D eigenvalue weighted by Crippen LogP contribution is 1.99. The van der Waals surface area contributed by atoms with E-state index in [1.54, 1.807) is 0 Å². The third-order valence-corrected chi connectivity index (χ3v) is 3.93. The van der Waals surface area contributed by atoms with E-state index in [2.05, 4.69) is 21.3 Å². The van der Waals surface area contributed by atoms with Gasteiger partial charge < -0.3 is 37.2 Å². The lowest BCUT2D eigenvalue weighted by molar-refractivity contribution is -0.143. The number of carboxylic acid groups (broad SMARTS) is 2. The Balaban J connectivity index is 4.69. The average Bonchev–Trinajstić information content (AvgIpc) is 2.63. The molecule has 8 N–H and O–H groups in total. The van der Waals surface area contributed by atoms with Crippen LogP contribution in [0.5, 0.6) is 0 Å². The van der Waals surface area contributed by atoms with E-state index in [1.807, 2.05) is 0 Å². The number of nitrogens with two attached hydrogens (primary N) is 1. The zero-order chi connectivity index (χ0) is 23.6. The molecule has 0 aliphatic heterocycles. The highest BCUT2D eigenvalue weighted by molar-refractivity contribution is 5.94. The van der Waals surface area contributed by atoms with Gasteiger partial charge in [-0.05, 0) is 34.1 Å². The first-order valence-corrected chi connectivity index (χ1v) is 9.17. The lowest BCUT2D eigenvalue weighted by atomic mass is 10.1. The normalized spacial score (nSPS) is 15.5. The first-order valence-electron chi connectivity index (χ1n) is 9.17. The van der Waals surface area contributed by atoms with Crippen molar-refractivity contribution in [3.05, 3.63) is 0 Å². The van der Waals surface area contributed by atoms with Gasteiger partial charge in [0.15, 0.2) is 0 Å². The molecule has 0 aliphatic carbocycles. The molecule has 0 radical (unpaired) electrons. The van der Waals surface area contributed by atoms with E-state index in [-0.39, 0.29) is 6.42 Å². The topological polar surface area (TPSA) is 217 Å². The summed E-state index contributed by atoms with van der Waals surface area (Å²) in [5, 5.41) is 26.9. The number of carbonyl (C=O) groups excluding carboxylic acids is 4. The minimum Gasteiger partial charge on any atom is -0.481 e. The maximum absolute atomic E-state index is 12.2. The van der Waals surface area contributed by atoms with E-state index in [4.69, 9.17) is 15.9 Å². The lowest BCUT2D eigenvalue weighted by Crippen LogP contribution is -2.56. The molecule has 0 aliphatic rings. The Hall–Kier alpha value is -3.22. The average molecular weight is 431 g/mol. The number of nitrogens with one attached hydrogen (secondary N) is 4. The first kappa shape index (κ1) is 26.8. The molecule has 170 valence electrons. The van der Waals surface area contributed by atoms with Crippen molar-refractivity contribution < 1.29 is 39.0 Å². The van der Waals surface area contributed by atoms with Gasteiger partial charge in [-0.1, -0.05) is 0 Å². The summed E-state index contributed by atoms with van der Waals surface area (Å²) >= 11 is 0. The Morgan fingerprint density at radius 3 is 1.40 bits per heavy atom. The van der Waals surface area contributed by atoms with Crippen LogP contribution in [0.3, 0.4) is 0 Å². The van der Waals surface area contributed by atoms with Crippen LogP contribution in [0.25, 0.3) is 0 Å². The summed E-state index contributed by atoms with van der Waals surface area (Å²) in [5.41, 5.74) is 5.39. The quantitative estimate of drug-likeness (QED) is 0.170. The molecule has 0 heterocycles. The molecular weight excluding hydrogens is 402 g/mol. The van der Waals surface area contributed by atoms with Gasteiger partial charge in [0.05, 0.1) is 6.04 Å². The summed E-state index contributed by atoms with van der Waals surface area (Å²) in [6, 6.07) is -5.42. The van der Waals surface area contributed by atoms with E-state index in [0.29, 0.717) is 0 Å². The van der Waals surface area contributed by atoms with Gasteiger partial charge in [0, 0.05) is 6.42 Å². The van der Waals surface area contributed by atoms with Gasteiger partial charge in [-0.3, -0.25) is 24.0 Å². The molecule has 0 fully saturated rings. The van der Waals surface area contributed by atoms with Gasteiger partial charge in [0.25, 0.3) is 0 Å². The van der Waals surface area contributed by atoms with Crippen molar-refractivity contribution in [1.29, 1.82) is 0 Å². The van der Waals surface area contributed by atoms with Gasteiger partial charge in [-0.25, -0.2) is 4.79 Å². The highest BCUT2D eigenvalue weighted by atomic mass is 16.4. The largest absolute Gasteiger partial charge is 0.481 e. The first-order chi connectivity index (χ1) is 13.8. The second-order valence-corrected chi connectivity index (χ2v) is 6.81. The number of carboxylic acids is 2. The van der Waals surface area contributed by atoms with Gasteiger partial charge >= 0.3 is 11.9 Å². The van der Waals surface area contributed by atoms with Crippen molar-refractivity contribution in [2.75, 3.05) is 0 Å². The molecule has 0 aromatic rings. The number of hydrogen-bond donors (Lipinski definition) is 7. The summed E-state index contributed by atoms with van der Waals surface area (Å²) in [6.45, 7) is 5.49. The van der Waals surface area contributed by atoms with Crippen molar-refractivity contribution in [3.63, 3.8) is 0 Å². The number of hydrogen-bond acceptors (Lipinski definition) is 7. The molecule has 0 aromatic heterocycles. The maximum atomic E-state index is 12.2. The van der Waals surface area contributed by atoms with Crippen LogP contribution in [0.4, 0.5) is 0 Å². The molecule has 4 amide bonds. The number of carbonyl (C=O) groups is 6. The van der Waals surface area contributed by atoms with Crippen molar-refractivity contribution in [3.8, 4) is 0 Å². The van der Waals surface area contributed by atoms with Crippen LogP contribution in [0.1, 0.15) is 40.5 Å². The number of amides is 4. The Morgan fingerprint density at radius 2 is 1.07 bits per heavy atom. The molecule has 5 atom stereocenters. The second-order valence-electron chi connectivity index (χ2n) is 6.81. The van der Waals surface area contributed by atoms with E-state index in [9.17, 15) is 28.8 Å². The smallest absolute Gasteiger partial charge is 0.326 e. The number of aliphatic carboxylic acids is 2. The summed E-state index contributed by atoms with van der Waals surface area (Å²) in [5.74, 6) is -5.38. The van der Waals surface area contributed by atoms with E-state index < -0.39 is 72.2 Å². The fourth-order valence-corrected chi connectivity index (χ4v) is 2.04. The Bertz CT molecular complexity index is 681. The Morgan fingerprint density at radius 1 is 0.700 bits per heavy atom. The fourth-order valence-electron chi connectivity index (χ4n) is 2.04. The van der Waals surface area contributed by atoms with Crippen LogP contribution in [0.15, 0.2) is 0 Å². The van der Waals surface area contributed by atoms with Gasteiger partial charge in [-0.15, -0.1) is 0 Å². The molecule has 0 unspecified atom stereocenters. The second kappa shape index (κ2) is 12.4. The SMILES string of the molecule is C[C@H](N)C(=O)N[C@@H](C)C(=O)N[C@@H](C)C(=O)N[C@@H](C)C(=O)N[C@@H](CCC(=O)O)C(=O)O. The molecule has 0 spiro atoms. The standard InChI is InChI=1S/C17H29N5O8/c1-7(18)13(25)19-8(2)14(26)20-9(3)15(27)21-10(4)16(28)22-11(17(29)30)5-6-12(23)24/h7-11H,5-6,18H2,1-4H3,(H,19,25)(H,20,26)(H,21,27)(H,22,28)(H,23,24)(H,29,30)/t7-,8-,9-,10-,11-/m0/s1. The molecule has 0 bridgehead atoms. The summed E-state index contributed by atoms with van der Waals surface area (Å²) in [4.78, 5) is 69.5. The predicted molar refractivity (Wildman–Crippen MR) is 103 cm³/mol. The minimum absolute atomic E-state index is 0.325. The lowest BCUT2D eigenvalue weighted by Gasteiger charge is -2.22. The molecule has 0 aromatic carbocycles. The number of rotatable bonds is 12. The molecule has 0 saturated heterocycles. The van der Waals surface area contributed by atoms with Crippen molar-refractivity contribution in [1.82, 2.24) is 21.3 Å². The molecular formula is C17H29N5O8. The van der Waals surface area contributed by atoms with E-state index in [0.717, 1.165) is 0 Å². The van der Waals surface area contributed by atoms with Crippen molar-refractivity contribution in [2.24, 2.45) is 5.73 Å². The van der Waals surface area contributed by atoms with Crippen molar-refractivity contribution >= 4 is 35.6 Å². The summed E-state index contributed by atoms with van der Waals surface area (Å²) in [6.07, 6.45) is -0.784. The molecule has 0 saturated carbocycles. The van der Waals surface area contributed by atoms with E-state index in [1.165, 1.54) is 27.7 Å². The third-order valence-electron chi connectivity index (χ3n) is 3.93. The third kappa shape index (κ3) is 9.82. The Labute approximate surface area is 173 Å². The van der Waals surface area contributed by atoms with Crippen LogP contribution < -0.4 is 27.0 Å². The zero-order valence-corrected chi connectivity index (χ0v) is 17.2. The highest BCUT2D eigenvalue weighted by Gasteiger charge is 2.27. The monoisotopic (exact) mass is 431 g/mol. The molecule has 13 nitrogen and oxygen atoms in total. The fraction of sp³-hybridized carbons (Fsp3) is 0.647. The van der Waals surface area contributed by atoms with Gasteiger partial charge in [0.1, 0.15) is 24.2 Å². The molecule has 13 heteroatoms. The van der Waals surface area contributed by atoms with Crippen LogP contribution >= 0.6 is 0 Å². The molecule has 30 heavy (non-hydrogen) atoms. The summed E-state index contributed by atoms with van der Waals surface area (Å²) < 4.78 is 0. The van der Waals surface area contributed by atoms with Crippen molar-refractivity contribution in [2.45, 2.75) is 70.7 Å². The zero-order valence-electron chi connectivity index (χ0n) is 17.2. The van der Waals surface area contributed by atoms with Crippen LogP contribution in [0, 0.1) is 0 Å². The van der Waals surface area contributed by atoms with Crippen LogP contribution in [-0.4, -0.2) is 76.0 Å². The summed E-state index contributed by atoms with van der Waals surface area (Å²) in [7, 11) is 0. The van der Waals surface area contributed by atoms with Crippen LogP contribution in [0.2, 0.25) is 0 Å². The van der Waals surface area contributed by atoms with E-state index >= 15 is 0 Å². The molecule has 0 rings (SSSR count).